The lowest BCUT2D eigenvalue weighted by Crippen LogP contribution is -2.13. The molecule has 0 radical (unpaired) electrons. The summed E-state index contributed by atoms with van der Waals surface area (Å²) >= 11 is 0. The Morgan fingerprint density at radius 2 is 2.13 bits per heavy atom. The molecule has 0 saturated carbocycles. The van der Waals surface area contributed by atoms with Gasteiger partial charge in [-0.05, 0) is 18.1 Å². The normalized spacial score (nSPS) is 14.3. The van der Waals surface area contributed by atoms with Crippen LogP contribution in [0.2, 0.25) is 0 Å². The van der Waals surface area contributed by atoms with E-state index in [4.69, 9.17) is 5.73 Å². The first-order chi connectivity index (χ1) is 7.36. The zero-order valence-corrected chi connectivity index (χ0v) is 8.27. The number of rotatable bonds is 1. The minimum Gasteiger partial charge on any atom is -0.382 e. The average Bonchev–Trinajstić information content (AvgIpc) is 2.83. The average molecular weight is 200 g/mol. The molecule has 1 aromatic carbocycles. The first-order valence-corrected chi connectivity index (χ1v) is 5.00. The van der Waals surface area contributed by atoms with Gasteiger partial charge in [0.2, 0.25) is 0 Å². The molecule has 0 saturated heterocycles. The summed E-state index contributed by atoms with van der Waals surface area (Å²) < 4.78 is 0. The molecule has 1 aliphatic heterocycles. The summed E-state index contributed by atoms with van der Waals surface area (Å²) in [7, 11) is 0. The van der Waals surface area contributed by atoms with Gasteiger partial charge in [0.1, 0.15) is 11.5 Å². The van der Waals surface area contributed by atoms with Crippen molar-refractivity contribution in [1.29, 1.82) is 0 Å². The van der Waals surface area contributed by atoms with E-state index in [2.05, 4.69) is 33.3 Å². The van der Waals surface area contributed by atoms with Crippen LogP contribution in [-0.4, -0.2) is 16.7 Å². The third-order valence-electron chi connectivity index (χ3n) is 2.83. The molecule has 1 aliphatic rings. The molecular formula is C11H12N4. The number of benzene rings is 1. The van der Waals surface area contributed by atoms with Crippen LogP contribution in [0.15, 0.2) is 30.5 Å². The van der Waals surface area contributed by atoms with Crippen LogP contribution in [0.25, 0.3) is 0 Å². The van der Waals surface area contributed by atoms with Crippen molar-refractivity contribution < 1.29 is 0 Å². The third-order valence-corrected chi connectivity index (χ3v) is 2.83. The van der Waals surface area contributed by atoms with Crippen molar-refractivity contribution in [2.24, 2.45) is 0 Å². The number of fused-ring (bicyclic) bond motifs is 1. The Balaban J connectivity index is 2.08. The summed E-state index contributed by atoms with van der Waals surface area (Å²) in [5.74, 6) is 0.631. The van der Waals surface area contributed by atoms with Crippen molar-refractivity contribution in [3.05, 3.63) is 36.0 Å². The lowest BCUT2D eigenvalue weighted by atomic mass is 10.2. The number of para-hydroxylation sites is 1. The Labute approximate surface area is 87.7 Å². The Bertz CT molecular complexity index is 489. The van der Waals surface area contributed by atoms with Gasteiger partial charge in [0.25, 0.3) is 0 Å². The van der Waals surface area contributed by atoms with E-state index in [1.165, 1.54) is 11.3 Å². The Hall–Kier alpha value is -1.97. The number of anilines is 3. The van der Waals surface area contributed by atoms with E-state index < -0.39 is 0 Å². The van der Waals surface area contributed by atoms with Gasteiger partial charge in [0.05, 0.1) is 6.20 Å². The lowest BCUT2D eigenvalue weighted by Gasteiger charge is -2.17. The molecule has 2 heterocycles. The Morgan fingerprint density at radius 3 is 2.93 bits per heavy atom. The maximum atomic E-state index is 5.82. The number of nitrogen functional groups attached to an aromatic ring is 1. The van der Waals surface area contributed by atoms with Crippen LogP contribution in [0.3, 0.4) is 0 Å². The first kappa shape index (κ1) is 8.35. The number of hydrogen-bond acceptors (Lipinski definition) is 3. The number of nitrogens with one attached hydrogen (secondary N) is 1. The highest BCUT2D eigenvalue weighted by Crippen LogP contribution is 2.35. The molecule has 0 aliphatic carbocycles. The van der Waals surface area contributed by atoms with Crippen LogP contribution in [0, 0.1) is 0 Å². The summed E-state index contributed by atoms with van der Waals surface area (Å²) in [4.78, 5) is 2.20. The molecule has 15 heavy (non-hydrogen) atoms. The van der Waals surface area contributed by atoms with E-state index in [0.717, 1.165) is 18.7 Å². The molecule has 4 heteroatoms. The van der Waals surface area contributed by atoms with E-state index in [9.17, 15) is 0 Å². The molecule has 1 aromatic heterocycles. The topological polar surface area (TPSA) is 57.9 Å². The van der Waals surface area contributed by atoms with Gasteiger partial charge in [-0.15, -0.1) is 0 Å². The van der Waals surface area contributed by atoms with E-state index in [-0.39, 0.29) is 0 Å². The van der Waals surface area contributed by atoms with Crippen molar-refractivity contribution >= 4 is 17.2 Å². The second-order valence-corrected chi connectivity index (χ2v) is 3.70. The van der Waals surface area contributed by atoms with Gasteiger partial charge >= 0.3 is 0 Å². The van der Waals surface area contributed by atoms with E-state index in [1.54, 1.807) is 6.20 Å². The lowest BCUT2D eigenvalue weighted by molar-refractivity contribution is 1.00. The van der Waals surface area contributed by atoms with Crippen LogP contribution in [-0.2, 0) is 6.42 Å². The summed E-state index contributed by atoms with van der Waals surface area (Å²) in [5.41, 5.74) is 9.40. The van der Waals surface area contributed by atoms with Crippen LogP contribution in [0.1, 0.15) is 5.56 Å². The fourth-order valence-electron chi connectivity index (χ4n) is 2.09. The summed E-state index contributed by atoms with van der Waals surface area (Å²) in [6.45, 7) is 0.975. The van der Waals surface area contributed by atoms with Gasteiger partial charge in [0, 0.05) is 12.2 Å². The quantitative estimate of drug-likeness (QED) is 0.736. The molecular weight excluding hydrogens is 188 g/mol. The molecule has 0 fully saturated rings. The maximum Gasteiger partial charge on any atom is 0.143 e. The molecule has 76 valence electrons. The molecule has 2 aromatic rings. The molecule has 0 amide bonds. The summed E-state index contributed by atoms with van der Waals surface area (Å²) in [5, 5.41) is 6.71. The number of hydrogen-bond donors (Lipinski definition) is 2. The van der Waals surface area contributed by atoms with E-state index >= 15 is 0 Å². The predicted octanol–water partition coefficient (Wildman–Crippen LogP) is 1.69. The summed E-state index contributed by atoms with van der Waals surface area (Å²) in [6.07, 6.45) is 2.85. The second-order valence-electron chi connectivity index (χ2n) is 3.70. The molecule has 0 spiro atoms. The van der Waals surface area contributed by atoms with Crippen LogP contribution < -0.4 is 10.6 Å². The minimum atomic E-state index is 0.631. The molecule has 3 rings (SSSR count). The highest BCUT2D eigenvalue weighted by atomic mass is 15.2. The van der Waals surface area contributed by atoms with E-state index in [0.29, 0.717) is 5.82 Å². The smallest absolute Gasteiger partial charge is 0.143 e. The van der Waals surface area contributed by atoms with Crippen LogP contribution >= 0.6 is 0 Å². The zero-order chi connectivity index (χ0) is 10.3. The molecule has 0 atom stereocenters. The number of aromatic nitrogens is 2. The minimum absolute atomic E-state index is 0.631. The third kappa shape index (κ3) is 1.18. The van der Waals surface area contributed by atoms with Crippen molar-refractivity contribution in [1.82, 2.24) is 10.2 Å². The molecule has 3 N–H and O–H groups in total. The monoisotopic (exact) mass is 200 g/mol. The molecule has 4 nitrogen and oxygen atoms in total. The van der Waals surface area contributed by atoms with Gasteiger partial charge in [-0.3, -0.25) is 5.10 Å². The van der Waals surface area contributed by atoms with Gasteiger partial charge < -0.3 is 10.6 Å². The number of nitrogens with two attached hydrogens (primary N) is 1. The second kappa shape index (κ2) is 3.02. The maximum absolute atomic E-state index is 5.82. The van der Waals surface area contributed by atoms with Crippen molar-refractivity contribution in [2.45, 2.75) is 6.42 Å². The Kier molecular flexibility index (Phi) is 1.68. The Morgan fingerprint density at radius 1 is 1.27 bits per heavy atom. The zero-order valence-electron chi connectivity index (χ0n) is 8.27. The van der Waals surface area contributed by atoms with E-state index in [1.807, 2.05) is 6.07 Å². The standard InChI is InChI=1S/C11H12N4/c12-11-10(7-13-14-11)15-6-5-8-3-1-2-4-9(8)15/h1-4,7H,5-6H2,(H3,12,13,14). The van der Waals surface area contributed by atoms with Crippen molar-refractivity contribution in [2.75, 3.05) is 17.2 Å². The fourth-order valence-corrected chi connectivity index (χ4v) is 2.09. The first-order valence-electron chi connectivity index (χ1n) is 5.00. The fraction of sp³-hybridized carbons (Fsp3) is 0.182. The SMILES string of the molecule is Nc1[nH]ncc1N1CCc2ccccc21. The highest BCUT2D eigenvalue weighted by molar-refractivity contribution is 5.75. The summed E-state index contributed by atoms with van der Waals surface area (Å²) in [6, 6.07) is 8.40. The van der Waals surface area contributed by atoms with Gasteiger partial charge in [-0.2, -0.15) is 5.10 Å². The largest absolute Gasteiger partial charge is 0.382 e. The van der Waals surface area contributed by atoms with Crippen LogP contribution in [0.5, 0.6) is 0 Å². The number of H-pyrrole nitrogens is 1. The van der Waals surface area contributed by atoms with Gasteiger partial charge in [-0.1, -0.05) is 18.2 Å². The van der Waals surface area contributed by atoms with Gasteiger partial charge in [0.15, 0.2) is 0 Å². The van der Waals surface area contributed by atoms with Crippen LogP contribution in [0.4, 0.5) is 17.2 Å². The van der Waals surface area contributed by atoms with Crippen molar-refractivity contribution in [3.63, 3.8) is 0 Å². The molecule has 0 unspecified atom stereocenters. The number of nitrogens with zero attached hydrogens (tertiary/aromatic N) is 2. The van der Waals surface area contributed by atoms with Gasteiger partial charge in [-0.25, -0.2) is 0 Å². The van der Waals surface area contributed by atoms with Crippen molar-refractivity contribution in [3.8, 4) is 0 Å². The number of aromatic amines is 1. The highest BCUT2D eigenvalue weighted by Gasteiger charge is 2.21. The predicted molar refractivity (Wildman–Crippen MR) is 60.2 cm³/mol. The molecule has 0 bridgehead atoms.